The molecule has 3 aliphatic rings. The van der Waals surface area contributed by atoms with Crippen LogP contribution in [0.3, 0.4) is 0 Å². The highest BCUT2D eigenvalue weighted by Crippen LogP contribution is 2.45. The molecule has 4 aromatic rings. The van der Waals surface area contributed by atoms with E-state index in [-0.39, 0.29) is 23.9 Å². The van der Waals surface area contributed by atoms with E-state index in [1.165, 1.54) is 12.8 Å². The minimum Gasteiger partial charge on any atom is -0.494 e. The van der Waals surface area contributed by atoms with E-state index < -0.39 is 0 Å². The molecule has 3 aromatic heterocycles. The van der Waals surface area contributed by atoms with Crippen LogP contribution in [0.5, 0.6) is 5.75 Å². The Hall–Kier alpha value is -3.39. The second kappa shape index (κ2) is 9.08. The molecule has 1 amide bonds. The van der Waals surface area contributed by atoms with Gasteiger partial charge in [-0.2, -0.15) is 0 Å². The Bertz CT molecular complexity index is 1580. The van der Waals surface area contributed by atoms with Gasteiger partial charge in [-0.15, -0.1) is 0 Å². The molecule has 2 aliphatic carbocycles. The van der Waals surface area contributed by atoms with E-state index >= 15 is 0 Å². The number of hydrogen-bond donors (Lipinski definition) is 1. The van der Waals surface area contributed by atoms with Gasteiger partial charge in [-0.3, -0.25) is 4.79 Å². The summed E-state index contributed by atoms with van der Waals surface area (Å²) >= 11 is 0. The summed E-state index contributed by atoms with van der Waals surface area (Å²) in [4.78, 5) is 25.7. The molecule has 1 saturated heterocycles. The Morgan fingerprint density at radius 1 is 1.15 bits per heavy atom. The molecule has 8 heteroatoms. The average molecular weight is 527 g/mol. The van der Waals surface area contributed by atoms with Crippen LogP contribution in [0, 0.1) is 17.8 Å². The highest BCUT2D eigenvalue weighted by atomic mass is 16.5. The summed E-state index contributed by atoms with van der Waals surface area (Å²) in [6, 6.07) is 10.5. The van der Waals surface area contributed by atoms with Crippen LogP contribution in [0.4, 0.5) is 0 Å². The third kappa shape index (κ3) is 3.94. The second-order valence-electron chi connectivity index (χ2n) is 12.3. The molecule has 1 aromatic carbocycles. The first kappa shape index (κ1) is 24.6. The number of pyridine rings is 1. The lowest BCUT2D eigenvalue weighted by atomic mass is 9.81. The van der Waals surface area contributed by atoms with Gasteiger partial charge in [-0.1, -0.05) is 13.8 Å². The van der Waals surface area contributed by atoms with Crippen molar-refractivity contribution < 1.29 is 9.53 Å². The van der Waals surface area contributed by atoms with E-state index in [4.69, 9.17) is 20.4 Å². The van der Waals surface area contributed by atoms with Crippen molar-refractivity contribution in [3.05, 3.63) is 42.1 Å². The molecular weight excluding hydrogens is 488 g/mol. The van der Waals surface area contributed by atoms with E-state index in [2.05, 4.69) is 35.1 Å². The van der Waals surface area contributed by atoms with Gasteiger partial charge >= 0.3 is 0 Å². The van der Waals surface area contributed by atoms with Crippen LogP contribution < -0.4 is 10.5 Å². The molecule has 4 heterocycles. The average Bonchev–Trinajstić information content (AvgIpc) is 3.48. The monoisotopic (exact) mass is 526 g/mol. The Labute approximate surface area is 229 Å². The second-order valence-corrected chi connectivity index (χ2v) is 12.3. The summed E-state index contributed by atoms with van der Waals surface area (Å²) in [5.74, 6) is 3.26. The van der Waals surface area contributed by atoms with Crippen molar-refractivity contribution in [3.63, 3.8) is 0 Å². The highest BCUT2D eigenvalue weighted by molar-refractivity contribution is 6.00. The zero-order valence-electron chi connectivity index (χ0n) is 23.3. The van der Waals surface area contributed by atoms with Crippen molar-refractivity contribution in [1.29, 1.82) is 0 Å². The number of hydrogen-bond acceptors (Lipinski definition) is 5. The minimum absolute atomic E-state index is 0.00981. The predicted octanol–water partition coefficient (Wildman–Crippen LogP) is 5.25. The SMILES string of the molecule is COc1cc(C(=O)N2CC(C)C(N)C2C)cc2nc(-c3cc4cccnc4n3CC3CC3)n(C3CC(C)C3)c12. The maximum absolute atomic E-state index is 13.7. The first-order chi connectivity index (χ1) is 18.8. The summed E-state index contributed by atoms with van der Waals surface area (Å²) in [7, 11) is 1.69. The number of carbonyl (C=O) groups is 1. The molecule has 0 spiro atoms. The summed E-state index contributed by atoms with van der Waals surface area (Å²) in [5, 5.41) is 1.13. The van der Waals surface area contributed by atoms with Crippen molar-refractivity contribution in [2.24, 2.45) is 23.5 Å². The van der Waals surface area contributed by atoms with Crippen LogP contribution in [-0.2, 0) is 6.54 Å². The standard InChI is InChI=1S/C31H38N6O2/c1-17-10-23(11-17)37-28-24(12-22(14-26(28)39-4)31(38)35-15-18(2)27(32)19(35)3)34-30(37)25-13-21-6-5-9-33-29(21)36(25)16-20-7-8-20/h5-6,9,12-14,17-20,23,27H,7-8,10-11,15-16,32H2,1-4H3. The Morgan fingerprint density at radius 2 is 1.95 bits per heavy atom. The topological polar surface area (TPSA) is 91.2 Å². The number of imidazole rings is 1. The predicted molar refractivity (Wildman–Crippen MR) is 153 cm³/mol. The van der Waals surface area contributed by atoms with Crippen molar-refractivity contribution >= 4 is 28.0 Å². The Kier molecular flexibility index (Phi) is 5.74. The molecule has 7 rings (SSSR count). The quantitative estimate of drug-likeness (QED) is 0.371. The van der Waals surface area contributed by atoms with Gasteiger partial charge in [0.25, 0.3) is 5.91 Å². The molecule has 204 valence electrons. The van der Waals surface area contributed by atoms with Gasteiger partial charge in [0.2, 0.25) is 0 Å². The number of benzene rings is 1. The van der Waals surface area contributed by atoms with Crippen LogP contribution in [0.15, 0.2) is 36.5 Å². The number of carbonyl (C=O) groups excluding carboxylic acids is 1. The van der Waals surface area contributed by atoms with Crippen LogP contribution in [0.25, 0.3) is 33.6 Å². The van der Waals surface area contributed by atoms with Crippen LogP contribution in [0.1, 0.15) is 62.9 Å². The molecule has 1 aliphatic heterocycles. The zero-order chi connectivity index (χ0) is 27.0. The first-order valence-electron chi connectivity index (χ1n) is 14.4. The summed E-state index contributed by atoms with van der Waals surface area (Å²) < 4.78 is 10.7. The largest absolute Gasteiger partial charge is 0.494 e. The molecule has 3 atom stereocenters. The first-order valence-corrected chi connectivity index (χ1v) is 14.4. The zero-order valence-corrected chi connectivity index (χ0v) is 23.3. The number of aromatic nitrogens is 4. The van der Waals surface area contributed by atoms with Crippen molar-refractivity contribution in [2.45, 2.75) is 71.1 Å². The van der Waals surface area contributed by atoms with Crippen LogP contribution in [0.2, 0.25) is 0 Å². The number of nitrogens with two attached hydrogens (primary N) is 1. The van der Waals surface area contributed by atoms with Crippen molar-refractivity contribution in [1.82, 2.24) is 24.0 Å². The molecule has 8 nitrogen and oxygen atoms in total. The number of nitrogens with zero attached hydrogens (tertiary/aromatic N) is 5. The van der Waals surface area contributed by atoms with Gasteiger partial charge in [0, 0.05) is 48.4 Å². The van der Waals surface area contributed by atoms with E-state index in [0.29, 0.717) is 35.7 Å². The number of rotatable bonds is 6. The van der Waals surface area contributed by atoms with Crippen molar-refractivity contribution in [3.8, 4) is 17.3 Å². The molecule has 2 N–H and O–H groups in total. The number of likely N-dealkylation sites (tertiary alicyclic amines) is 1. The lowest BCUT2D eigenvalue weighted by Crippen LogP contribution is -2.40. The lowest BCUT2D eigenvalue weighted by molar-refractivity contribution is 0.0739. The summed E-state index contributed by atoms with van der Waals surface area (Å²) in [5.41, 5.74) is 10.8. The third-order valence-electron chi connectivity index (χ3n) is 9.40. The molecule has 3 unspecified atom stereocenters. The lowest BCUT2D eigenvalue weighted by Gasteiger charge is -2.35. The van der Waals surface area contributed by atoms with Crippen molar-refractivity contribution in [2.75, 3.05) is 13.7 Å². The third-order valence-corrected chi connectivity index (χ3v) is 9.40. The molecular formula is C31H38N6O2. The minimum atomic E-state index is -0.0204. The fourth-order valence-corrected chi connectivity index (χ4v) is 6.81. The Balaban J connectivity index is 1.41. The normalized spacial score (nSPS) is 26.9. The molecule has 2 saturated carbocycles. The summed E-state index contributed by atoms with van der Waals surface area (Å²) in [6.45, 7) is 8.07. The molecule has 39 heavy (non-hydrogen) atoms. The number of fused-ring (bicyclic) bond motifs is 2. The van der Waals surface area contributed by atoms with Gasteiger partial charge in [-0.25, -0.2) is 9.97 Å². The van der Waals surface area contributed by atoms with E-state index in [1.54, 1.807) is 7.11 Å². The van der Waals surface area contributed by atoms with E-state index in [1.807, 2.05) is 36.2 Å². The number of ether oxygens (including phenoxy) is 1. The van der Waals surface area contributed by atoms with E-state index in [0.717, 1.165) is 53.0 Å². The van der Waals surface area contributed by atoms with Crippen LogP contribution in [-0.4, -0.2) is 55.6 Å². The van der Waals surface area contributed by atoms with Crippen LogP contribution >= 0.6 is 0 Å². The number of methoxy groups -OCH3 is 1. The highest BCUT2D eigenvalue weighted by Gasteiger charge is 2.38. The van der Waals surface area contributed by atoms with Gasteiger partial charge in [-0.05, 0) is 80.7 Å². The maximum atomic E-state index is 13.7. The fourth-order valence-electron chi connectivity index (χ4n) is 6.81. The van der Waals surface area contributed by atoms with Gasteiger partial charge < -0.3 is 24.5 Å². The maximum Gasteiger partial charge on any atom is 0.254 e. The van der Waals surface area contributed by atoms with Gasteiger partial charge in [0.15, 0.2) is 5.82 Å². The molecule has 0 radical (unpaired) electrons. The smallest absolute Gasteiger partial charge is 0.254 e. The Morgan fingerprint density at radius 3 is 2.62 bits per heavy atom. The van der Waals surface area contributed by atoms with E-state index in [9.17, 15) is 4.79 Å². The molecule has 0 bridgehead atoms. The summed E-state index contributed by atoms with van der Waals surface area (Å²) in [6.07, 6.45) is 6.60. The van der Waals surface area contributed by atoms with Gasteiger partial charge in [0.05, 0.1) is 18.3 Å². The molecule has 3 fully saturated rings. The fraction of sp³-hybridized carbons (Fsp3) is 0.516. The number of amides is 1. The van der Waals surface area contributed by atoms with Gasteiger partial charge in [0.1, 0.15) is 16.9 Å².